The molecular formula is C16H29IN4O. The summed E-state index contributed by atoms with van der Waals surface area (Å²) in [5.41, 5.74) is 2.56. The van der Waals surface area contributed by atoms with E-state index in [1.165, 1.54) is 11.1 Å². The van der Waals surface area contributed by atoms with Gasteiger partial charge in [0.25, 0.3) is 0 Å². The molecule has 0 aromatic heterocycles. The van der Waals surface area contributed by atoms with Gasteiger partial charge in [0.15, 0.2) is 5.96 Å². The Kier molecular flexibility index (Phi) is 11.2. The first-order valence-corrected chi connectivity index (χ1v) is 7.23. The Morgan fingerprint density at radius 2 is 1.82 bits per heavy atom. The minimum Gasteiger partial charge on any atom is -0.383 e. The van der Waals surface area contributed by atoms with Crippen LogP contribution in [0.15, 0.2) is 29.3 Å². The van der Waals surface area contributed by atoms with E-state index in [-0.39, 0.29) is 30.0 Å². The van der Waals surface area contributed by atoms with E-state index in [9.17, 15) is 0 Å². The first-order chi connectivity index (χ1) is 10.0. The first-order valence-electron chi connectivity index (χ1n) is 7.23. The number of nitrogens with one attached hydrogen (secondary N) is 2. The van der Waals surface area contributed by atoms with E-state index in [0.29, 0.717) is 6.61 Å². The molecule has 0 bridgehead atoms. The maximum atomic E-state index is 5.11. The van der Waals surface area contributed by atoms with Crippen LogP contribution >= 0.6 is 24.0 Å². The van der Waals surface area contributed by atoms with Crippen LogP contribution in [-0.4, -0.2) is 51.8 Å². The second-order valence-electron chi connectivity index (χ2n) is 5.48. The molecule has 1 rings (SSSR count). The van der Waals surface area contributed by atoms with Crippen molar-refractivity contribution in [3.63, 3.8) is 0 Å². The average molecular weight is 420 g/mol. The fourth-order valence-corrected chi connectivity index (χ4v) is 2.03. The highest BCUT2D eigenvalue weighted by molar-refractivity contribution is 14.0. The van der Waals surface area contributed by atoms with E-state index in [1.54, 1.807) is 14.2 Å². The molecule has 0 fully saturated rings. The van der Waals surface area contributed by atoms with E-state index in [0.717, 1.165) is 19.0 Å². The number of benzene rings is 1. The summed E-state index contributed by atoms with van der Waals surface area (Å²) in [7, 11) is 7.62. The van der Waals surface area contributed by atoms with Crippen LogP contribution in [0.2, 0.25) is 0 Å². The number of methoxy groups -OCH3 is 1. The number of rotatable bonds is 7. The van der Waals surface area contributed by atoms with Crippen molar-refractivity contribution >= 4 is 29.9 Å². The maximum Gasteiger partial charge on any atom is 0.191 e. The summed E-state index contributed by atoms with van der Waals surface area (Å²) >= 11 is 0. The Morgan fingerprint density at radius 3 is 2.32 bits per heavy atom. The molecule has 1 unspecified atom stereocenters. The van der Waals surface area contributed by atoms with Crippen molar-refractivity contribution in [1.29, 1.82) is 0 Å². The summed E-state index contributed by atoms with van der Waals surface area (Å²) in [6.07, 6.45) is 0. The van der Waals surface area contributed by atoms with E-state index in [1.807, 2.05) is 0 Å². The van der Waals surface area contributed by atoms with E-state index in [4.69, 9.17) is 4.74 Å². The lowest BCUT2D eigenvalue weighted by Gasteiger charge is -2.17. The number of guanidine groups is 1. The second-order valence-corrected chi connectivity index (χ2v) is 5.48. The molecule has 2 N–H and O–H groups in total. The van der Waals surface area contributed by atoms with E-state index < -0.39 is 0 Å². The third kappa shape index (κ3) is 8.55. The van der Waals surface area contributed by atoms with Crippen LogP contribution in [0.5, 0.6) is 0 Å². The normalized spacial score (nSPS) is 12.7. The zero-order valence-corrected chi connectivity index (χ0v) is 16.5. The monoisotopic (exact) mass is 420 g/mol. The molecule has 22 heavy (non-hydrogen) atoms. The van der Waals surface area contributed by atoms with Crippen molar-refractivity contribution in [2.45, 2.75) is 26.1 Å². The fourth-order valence-electron chi connectivity index (χ4n) is 2.03. The van der Waals surface area contributed by atoms with Gasteiger partial charge in [-0.15, -0.1) is 24.0 Å². The average Bonchev–Trinajstić information content (AvgIpc) is 2.44. The largest absolute Gasteiger partial charge is 0.383 e. The van der Waals surface area contributed by atoms with Gasteiger partial charge in [0.2, 0.25) is 0 Å². The van der Waals surface area contributed by atoms with Gasteiger partial charge in [-0.25, -0.2) is 0 Å². The molecule has 0 radical (unpaired) electrons. The summed E-state index contributed by atoms with van der Waals surface area (Å²) in [5.74, 6) is 0.789. The van der Waals surface area contributed by atoms with Crippen LogP contribution in [-0.2, 0) is 17.8 Å². The van der Waals surface area contributed by atoms with Crippen molar-refractivity contribution < 1.29 is 4.74 Å². The number of aliphatic imine (C=N–C) groups is 1. The topological polar surface area (TPSA) is 48.9 Å². The van der Waals surface area contributed by atoms with Crippen molar-refractivity contribution in [3.05, 3.63) is 35.4 Å². The highest BCUT2D eigenvalue weighted by Gasteiger charge is 2.04. The molecule has 1 aromatic carbocycles. The number of hydrogen-bond donors (Lipinski definition) is 2. The molecule has 1 aromatic rings. The quantitative estimate of drug-likeness (QED) is 0.403. The predicted octanol–water partition coefficient (Wildman–Crippen LogP) is 2.07. The van der Waals surface area contributed by atoms with Gasteiger partial charge in [-0.2, -0.15) is 0 Å². The number of ether oxygens (including phenoxy) is 1. The molecular weight excluding hydrogens is 391 g/mol. The minimum absolute atomic E-state index is 0. The minimum atomic E-state index is 0. The summed E-state index contributed by atoms with van der Waals surface area (Å²) in [6, 6.07) is 8.86. The third-order valence-corrected chi connectivity index (χ3v) is 3.01. The smallest absolute Gasteiger partial charge is 0.191 e. The second kappa shape index (κ2) is 11.7. The SMILES string of the molecule is CN=C(NCc1ccc(CN(C)C)cc1)NC(C)COC.I. The predicted molar refractivity (Wildman–Crippen MR) is 104 cm³/mol. The van der Waals surface area contributed by atoms with Gasteiger partial charge in [0, 0.05) is 33.3 Å². The van der Waals surface area contributed by atoms with Gasteiger partial charge in [-0.1, -0.05) is 24.3 Å². The molecule has 126 valence electrons. The summed E-state index contributed by atoms with van der Waals surface area (Å²) in [6.45, 7) is 4.43. The molecule has 6 heteroatoms. The molecule has 0 aliphatic heterocycles. The number of halogens is 1. The van der Waals surface area contributed by atoms with E-state index in [2.05, 4.69) is 65.8 Å². The molecule has 0 saturated carbocycles. The zero-order chi connectivity index (χ0) is 15.7. The molecule has 0 amide bonds. The molecule has 0 saturated heterocycles. The highest BCUT2D eigenvalue weighted by Crippen LogP contribution is 2.05. The van der Waals surface area contributed by atoms with E-state index >= 15 is 0 Å². The van der Waals surface area contributed by atoms with Gasteiger partial charge < -0.3 is 20.3 Å². The fraction of sp³-hybridized carbons (Fsp3) is 0.562. The standard InChI is InChI=1S/C16H28N4O.HI/c1-13(12-21-5)19-16(17-2)18-10-14-6-8-15(9-7-14)11-20(3)4;/h6-9,13H,10-12H2,1-5H3,(H2,17,18,19);1H. The number of hydrogen-bond acceptors (Lipinski definition) is 3. The van der Waals surface area contributed by atoms with Crippen molar-refractivity contribution in [1.82, 2.24) is 15.5 Å². The van der Waals surface area contributed by atoms with Crippen LogP contribution < -0.4 is 10.6 Å². The van der Waals surface area contributed by atoms with Crippen LogP contribution in [0.1, 0.15) is 18.1 Å². The summed E-state index contributed by atoms with van der Waals surface area (Å²) in [4.78, 5) is 6.38. The highest BCUT2D eigenvalue weighted by atomic mass is 127. The van der Waals surface area contributed by atoms with Gasteiger partial charge >= 0.3 is 0 Å². The molecule has 0 aliphatic rings. The Hall–Kier alpha value is -0.860. The number of nitrogens with zero attached hydrogens (tertiary/aromatic N) is 2. The third-order valence-electron chi connectivity index (χ3n) is 3.01. The lowest BCUT2D eigenvalue weighted by Crippen LogP contribution is -2.43. The van der Waals surface area contributed by atoms with Crippen LogP contribution in [0.25, 0.3) is 0 Å². The van der Waals surface area contributed by atoms with Crippen LogP contribution in [0.4, 0.5) is 0 Å². The van der Waals surface area contributed by atoms with Crippen molar-refractivity contribution in [3.8, 4) is 0 Å². The van der Waals surface area contributed by atoms with Crippen LogP contribution in [0, 0.1) is 0 Å². The molecule has 0 aliphatic carbocycles. The first kappa shape index (κ1) is 21.1. The van der Waals surface area contributed by atoms with Gasteiger partial charge in [-0.05, 0) is 32.1 Å². The zero-order valence-electron chi connectivity index (χ0n) is 14.2. The Balaban J connectivity index is 0.00000441. The van der Waals surface area contributed by atoms with Crippen molar-refractivity contribution in [2.24, 2.45) is 4.99 Å². The molecule has 0 heterocycles. The molecule has 1 atom stereocenters. The van der Waals surface area contributed by atoms with Gasteiger partial charge in [0.05, 0.1) is 6.61 Å². The van der Waals surface area contributed by atoms with Crippen LogP contribution in [0.3, 0.4) is 0 Å². The Labute approximate surface area is 151 Å². The van der Waals surface area contributed by atoms with Gasteiger partial charge in [-0.3, -0.25) is 4.99 Å². The van der Waals surface area contributed by atoms with Gasteiger partial charge in [0.1, 0.15) is 0 Å². The lowest BCUT2D eigenvalue weighted by molar-refractivity contribution is 0.179. The van der Waals surface area contributed by atoms with Crippen molar-refractivity contribution in [2.75, 3.05) is 34.9 Å². The summed E-state index contributed by atoms with van der Waals surface area (Å²) < 4.78 is 5.11. The summed E-state index contributed by atoms with van der Waals surface area (Å²) in [5, 5.41) is 6.59. The Morgan fingerprint density at radius 1 is 1.23 bits per heavy atom. The Bertz CT molecular complexity index is 434. The molecule has 0 spiro atoms. The lowest BCUT2D eigenvalue weighted by atomic mass is 10.1. The molecule has 5 nitrogen and oxygen atoms in total. The maximum absolute atomic E-state index is 5.11.